The average molecular weight is 354 g/mol. The third-order valence-electron chi connectivity index (χ3n) is 4.32. The molecule has 2 heterocycles. The fourth-order valence-electron chi connectivity index (χ4n) is 2.97. The van der Waals surface area contributed by atoms with E-state index in [1.165, 1.54) is 11.5 Å². The Bertz CT molecular complexity index is 831. The summed E-state index contributed by atoms with van der Waals surface area (Å²) in [6, 6.07) is 8.76. The van der Waals surface area contributed by atoms with E-state index < -0.39 is 6.04 Å². The molecule has 6 nitrogen and oxygen atoms in total. The van der Waals surface area contributed by atoms with E-state index in [1.54, 1.807) is 24.0 Å². The largest absolute Gasteiger partial charge is 0.340 e. The van der Waals surface area contributed by atoms with E-state index in [9.17, 15) is 9.59 Å². The Morgan fingerprint density at radius 3 is 2.72 bits per heavy atom. The Balaban J connectivity index is 1.63. The molecule has 1 atom stereocenters. The second kappa shape index (κ2) is 7.03. The van der Waals surface area contributed by atoms with Crippen molar-refractivity contribution >= 4 is 23.3 Å². The van der Waals surface area contributed by atoms with Crippen molar-refractivity contribution in [2.75, 3.05) is 6.54 Å². The lowest BCUT2D eigenvalue weighted by Gasteiger charge is -2.17. The van der Waals surface area contributed by atoms with Crippen LogP contribution in [-0.4, -0.2) is 33.7 Å². The second-order valence-corrected chi connectivity index (χ2v) is 7.06. The number of carbonyl (C=O) groups is 2. The van der Waals surface area contributed by atoms with Gasteiger partial charge in [-0.25, -0.2) is 0 Å². The highest BCUT2D eigenvalue weighted by molar-refractivity contribution is 7.06. The minimum atomic E-state index is -0.496. The van der Waals surface area contributed by atoms with Crippen LogP contribution in [0.5, 0.6) is 0 Å². The van der Waals surface area contributed by atoms with Crippen LogP contribution in [0.4, 0.5) is 0 Å². The Hall–Kier alpha value is -2.72. The summed E-state index contributed by atoms with van der Waals surface area (Å²) in [5.41, 5.74) is 2.83. The number of likely N-dealkylation sites (tertiary alicyclic amines) is 1. The first-order valence-corrected chi connectivity index (χ1v) is 8.78. The molecule has 1 aromatic heterocycles. The fourth-order valence-corrected chi connectivity index (χ4v) is 3.67. The molecule has 1 aliphatic rings. The van der Waals surface area contributed by atoms with Gasteiger partial charge in [0.2, 0.25) is 5.91 Å². The van der Waals surface area contributed by atoms with Gasteiger partial charge in [0.15, 0.2) is 0 Å². The molecule has 1 aromatic carbocycles. The number of carbonyl (C=O) groups excluding carboxylic acids is 2. The number of aromatic nitrogens is 1. The lowest BCUT2D eigenvalue weighted by molar-refractivity contribution is -0.129. The van der Waals surface area contributed by atoms with Gasteiger partial charge in [-0.2, -0.15) is 9.64 Å². The van der Waals surface area contributed by atoms with Crippen molar-refractivity contribution in [1.29, 1.82) is 5.26 Å². The van der Waals surface area contributed by atoms with Crippen molar-refractivity contribution in [3.8, 4) is 6.07 Å². The zero-order valence-corrected chi connectivity index (χ0v) is 14.9. The maximum Gasteiger partial charge on any atom is 0.254 e. The first-order valence-electron chi connectivity index (χ1n) is 8.01. The smallest absolute Gasteiger partial charge is 0.254 e. The zero-order valence-electron chi connectivity index (χ0n) is 14.1. The summed E-state index contributed by atoms with van der Waals surface area (Å²) >= 11 is 1.29. The van der Waals surface area contributed by atoms with Crippen LogP contribution >= 0.6 is 11.5 Å². The summed E-state index contributed by atoms with van der Waals surface area (Å²) in [5, 5.41) is 11.7. The number of nitrogens with zero attached hydrogens (tertiary/aromatic N) is 3. The molecule has 0 aliphatic carbocycles. The van der Waals surface area contributed by atoms with E-state index in [-0.39, 0.29) is 11.8 Å². The van der Waals surface area contributed by atoms with Crippen molar-refractivity contribution in [3.63, 3.8) is 0 Å². The SMILES string of the molecule is Cc1nsc(C)c1C(=O)NC1CCN(Cc2ccc(C#N)cc2)C1=O. The van der Waals surface area contributed by atoms with Crippen molar-refractivity contribution in [1.82, 2.24) is 14.6 Å². The van der Waals surface area contributed by atoms with Crippen LogP contribution in [0.1, 0.15) is 38.5 Å². The Morgan fingerprint density at radius 2 is 2.12 bits per heavy atom. The molecule has 0 bridgehead atoms. The van der Waals surface area contributed by atoms with Crippen LogP contribution in [0.3, 0.4) is 0 Å². The van der Waals surface area contributed by atoms with E-state index in [2.05, 4.69) is 15.8 Å². The Morgan fingerprint density at radius 1 is 1.40 bits per heavy atom. The topological polar surface area (TPSA) is 86.1 Å². The number of aryl methyl sites for hydroxylation is 2. The fraction of sp³-hybridized carbons (Fsp3) is 0.333. The molecule has 3 rings (SSSR count). The number of nitriles is 1. The first kappa shape index (κ1) is 17.1. The molecule has 128 valence electrons. The lowest BCUT2D eigenvalue weighted by atomic mass is 10.1. The zero-order chi connectivity index (χ0) is 18.0. The molecule has 1 N–H and O–H groups in total. The van der Waals surface area contributed by atoms with Crippen molar-refractivity contribution in [2.45, 2.75) is 32.9 Å². The van der Waals surface area contributed by atoms with Gasteiger partial charge in [-0.3, -0.25) is 9.59 Å². The van der Waals surface area contributed by atoms with Gasteiger partial charge < -0.3 is 10.2 Å². The average Bonchev–Trinajstić information content (AvgIpc) is 3.12. The van der Waals surface area contributed by atoms with E-state index in [0.29, 0.717) is 36.3 Å². The quantitative estimate of drug-likeness (QED) is 0.912. The lowest BCUT2D eigenvalue weighted by Crippen LogP contribution is -2.41. The van der Waals surface area contributed by atoms with E-state index in [0.717, 1.165) is 10.4 Å². The summed E-state index contributed by atoms with van der Waals surface area (Å²) in [6.45, 7) is 4.73. The van der Waals surface area contributed by atoms with Gasteiger partial charge in [0.1, 0.15) is 6.04 Å². The summed E-state index contributed by atoms with van der Waals surface area (Å²) in [5.74, 6) is -0.307. The van der Waals surface area contributed by atoms with Gasteiger partial charge >= 0.3 is 0 Å². The molecule has 1 fully saturated rings. The minimum Gasteiger partial charge on any atom is -0.340 e. The van der Waals surface area contributed by atoms with Crippen molar-refractivity contribution in [3.05, 3.63) is 51.5 Å². The number of nitrogens with one attached hydrogen (secondary N) is 1. The molecule has 2 amide bonds. The first-order chi connectivity index (χ1) is 12.0. The van der Waals surface area contributed by atoms with Crippen LogP contribution in [0.25, 0.3) is 0 Å². The number of hydrogen-bond donors (Lipinski definition) is 1. The van der Waals surface area contributed by atoms with Gasteiger partial charge in [0.25, 0.3) is 5.91 Å². The highest BCUT2D eigenvalue weighted by atomic mass is 32.1. The predicted molar refractivity (Wildman–Crippen MR) is 94.0 cm³/mol. The van der Waals surface area contributed by atoms with Gasteiger partial charge in [0, 0.05) is 18.0 Å². The van der Waals surface area contributed by atoms with Crippen LogP contribution in [0, 0.1) is 25.2 Å². The van der Waals surface area contributed by atoms with Gasteiger partial charge in [-0.15, -0.1) is 0 Å². The molecule has 25 heavy (non-hydrogen) atoms. The molecule has 2 aromatic rings. The predicted octanol–water partition coefficient (Wildman–Crippen LogP) is 2.16. The van der Waals surface area contributed by atoms with Crippen molar-refractivity contribution < 1.29 is 9.59 Å². The van der Waals surface area contributed by atoms with E-state index >= 15 is 0 Å². The normalized spacial score (nSPS) is 16.8. The maximum atomic E-state index is 12.6. The van der Waals surface area contributed by atoms with Gasteiger partial charge in [-0.1, -0.05) is 12.1 Å². The summed E-state index contributed by atoms with van der Waals surface area (Å²) in [6.07, 6.45) is 0.594. The third kappa shape index (κ3) is 3.54. The second-order valence-electron chi connectivity index (χ2n) is 6.08. The van der Waals surface area contributed by atoms with Gasteiger partial charge in [-0.05, 0) is 49.5 Å². The highest BCUT2D eigenvalue weighted by Crippen LogP contribution is 2.19. The summed E-state index contributed by atoms with van der Waals surface area (Å²) in [4.78, 5) is 27.6. The van der Waals surface area contributed by atoms with Gasteiger partial charge in [0.05, 0.1) is 22.9 Å². The number of rotatable bonds is 4. The highest BCUT2D eigenvalue weighted by Gasteiger charge is 2.33. The van der Waals surface area contributed by atoms with Crippen LogP contribution in [0.2, 0.25) is 0 Å². The van der Waals surface area contributed by atoms with E-state index in [4.69, 9.17) is 5.26 Å². The maximum absolute atomic E-state index is 12.6. The molecule has 1 aliphatic heterocycles. The Kier molecular flexibility index (Phi) is 4.81. The Labute approximate surface area is 150 Å². The molecular weight excluding hydrogens is 336 g/mol. The molecule has 1 unspecified atom stereocenters. The molecule has 0 radical (unpaired) electrons. The number of benzene rings is 1. The monoisotopic (exact) mass is 354 g/mol. The van der Waals surface area contributed by atoms with Crippen LogP contribution < -0.4 is 5.32 Å². The minimum absolute atomic E-state index is 0.0730. The van der Waals surface area contributed by atoms with Crippen LogP contribution in [-0.2, 0) is 11.3 Å². The number of amides is 2. The number of hydrogen-bond acceptors (Lipinski definition) is 5. The molecule has 1 saturated heterocycles. The molecule has 7 heteroatoms. The van der Waals surface area contributed by atoms with Crippen molar-refractivity contribution in [2.24, 2.45) is 0 Å². The van der Waals surface area contributed by atoms with E-state index in [1.807, 2.05) is 19.1 Å². The molecule has 0 spiro atoms. The summed E-state index contributed by atoms with van der Waals surface area (Å²) < 4.78 is 4.18. The summed E-state index contributed by atoms with van der Waals surface area (Å²) in [7, 11) is 0. The van der Waals surface area contributed by atoms with Crippen LogP contribution in [0.15, 0.2) is 24.3 Å². The molecule has 0 saturated carbocycles. The third-order valence-corrected chi connectivity index (χ3v) is 5.16. The molecular formula is C18H18N4O2S. The standard InChI is InChI=1S/C18H18N4O2S/c1-11-16(12(2)25-21-11)17(23)20-15-7-8-22(18(15)24)10-14-5-3-13(9-19)4-6-14/h3-6,15H,7-8,10H2,1-2H3,(H,20,23).